The number of hydrogen-bond donors (Lipinski definition) is 2. The van der Waals surface area contributed by atoms with Gasteiger partial charge in [0.15, 0.2) is 0 Å². The SMILES string of the molecule is Cn1ccc(C(NN)c2ccccc2C(C)(C)C)n1. The molecule has 1 atom stereocenters. The molecule has 102 valence electrons. The van der Waals surface area contributed by atoms with Crippen molar-refractivity contribution in [2.75, 3.05) is 0 Å². The molecule has 0 amide bonds. The molecule has 0 radical (unpaired) electrons. The second-order valence-corrected chi connectivity index (χ2v) is 5.85. The summed E-state index contributed by atoms with van der Waals surface area (Å²) in [5, 5.41) is 4.46. The molecule has 0 fully saturated rings. The van der Waals surface area contributed by atoms with Crippen LogP contribution in [-0.2, 0) is 12.5 Å². The van der Waals surface area contributed by atoms with Crippen molar-refractivity contribution in [3.63, 3.8) is 0 Å². The highest BCUT2D eigenvalue weighted by molar-refractivity contribution is 5.38. The van der Waals surface area contributed by atoms with Crippen molar-refractivity contribution in [3.8, 4) is 0 Å². The van der Waals surface area contributed by atoms with Crippen LogP contribution in [0.5, 0.6) is 0 Å². The van der Waals surface area contributed by atoms with Crippen molar-refractivity contribution in [1.29, 1.82) is 0 Å². The second kappa shape index (κ2) is 5.15. The number of aromatic nitrogens is 2. The maximum absolute atomic E-state index is 5.76. The van der Waals surface area contributed by atoms with Crippen molar-refractivity contribution < 1.29 is 0 Å². The van der Waals surface area contributed by atoms with Crippen molar-refractivity contribution in [2.24, 2.45) is 12.9 Å². The van der Waals surface area contributed by atoms with E-state index in [1.807, 2.05) is 25.4 Å². The minimum absolute atomic E-state index is 0.0699. The van der Waals surface area contributed by atoms with E-state index in [4.69, 9.17) is 5.84 Å². The van der Waals surface area contributed by atoms with Crippen LogP contribution in [-0.4, -0.2) is 9.78 Å². The minimum Gasteiger partial charge on any atom is -0.275 e. The van der Waals surface area contributed by atoms with Gasteiger partial charge < -0.3 is 0 Å². The molecule has 0 aliphatic rings. The van der Waals surface area contributed by atoms with Gasteiger partial charge in [0.05, 0.1) is 11.7 Å². The molecule has 0 spiro atoms. The Kier molecular flexibility index (Phi) is 3.73. The maximum atomic E-state index is 5.76. The normalized spacial score (nSPS) is 13.5. The van der Waals surface area contributed by atoms with Crippen molar-refractivity contribution in [3.05, 3.63) is 53.3 Å². The Hall–Kier alpha value is -1.65. The van der Waals surface area contributed by atoms with Crippen LogP contribution in [0.15, 0.2) is 36.5 Å². The van der Waals surface area contributed by atoms with Gasteiger partial charge in [0.25, 0.3) is 0 Å². The number of hydrazine groups is 1. The number of rotatable bonds is 3. The van der Waals surface area contributed by atoms with Gasteiger partial charge in [-0.05, 0) is 22.6 Å². The zero-order chi connectivity index (χ0) is 14.0. The van der Waals surface area contributed by atoms with Gasteiger partial charge in [0.1, 0.15) is 0 Å². The summed E-state index contributed by atoms with van der Waals surface area (Å²) in [7, 11) is 1.91. The lowest BCUT2D eigenvalue weighted by Gasteiger charge is -2.26. The van der Waals surface area contributed by atoms with E-state index in [1.165, 1.54) is 11.1 Å². The summed E-state index contributed by atoms with van der Waals surface area (Å²) in [6, 6.07) is 10.3. The fraction of sp³-hybridized carbons (Fsp3) is 0.400. The zero-order valence-corrected chi connectivity index (χ0v) is 12.0. The van der Waals surface area contributed by atoms with E-state index in [0.717, 1.165) is 5.69 Å². The molecule has 4 nitrogen and oxygen atoms in total. The molecule has 0 aliphatic heterocycles. The third-order valence-corrected chi connectivity index (χ3v) is 3.28. The Morgan fingerprint density at radius 2 is 1.89 bits per heavy atom. The first kappa shape index (κ1) is 13.8. The molecular formula is C15H22N4. The van der Waals surface area contributed by atoms with Crippen LogP contribution in [0.4, 0.5) is 0 Å². The highest BCUT2D eigenvalue weighted by atomic mass is 15.3. The highest BCUT2D eigenvalue weighted by Gasteiger charge is 2.24. The Bertz CT molecular complexity index is 551. The largest absolute Gasteiger partial charge is 0.275 e. The molecule has 0 saturated heterocycles. The molecule has 4 heteroatoms. The number of nitrogens with zero attached hydrogens (tertiary/aromatic N) is 2. The van der Waals surface area contributed by atoms with E-state index in [1.54, 1.807) is 4.68 Å². The van der Waals surface area contributed by atoms with Gasteiger partial charge in [-0.25, -0.2) is 5.43 Å². The van der Waals surface area contributed by atoms with Crippen LogP contribution in [0.25, 0.3) is 0 Å². The molecule has 2 rings (SSSR count). The first-order valence-electron chi connectivity index (χ1n) is 6.48. The quantitative estimate of drug-likeness (QED) is 0.656. The standard InChI is InChI=1S/C15H22N4/c1-15(2,3)12-8-6-5-7-11(12)14(17-16)13-9-10-19(4)18-13/h5-10,14,17H,16H2,1-4H3. The molecule has 19 heavy (non-hydrogen) atoms. The third kappa shape index (κ3) is 2.85. The maximum Gasteiger partial charge on any atom is 0.0902 e. The number of nitrogens with two attached hydrogens (primary N) is 1. The van der Waals surface area contributed by atoms with Gasteiger partial charge in [-0.15, -0.1) is 0 Å². The smallest absolute Gasteiger partial charge is 0.0902 e. The van der Waals surface area contributed by atoms with Crippen molar-refractivity contribution in [2.45, 2.75) is 32.2 Å². The minimum atomic E-state index is -0.0865. The summed E-state index contributed by atoms with van der Waals surface area (Å²) < 4.78 is 1.79. The molecule has 0 bridgehead atoms. The van der Waals surface area contributed by atoms with E-state index in [-0.39, 0.29) is 11.5 Å². The van der Waals surface area contributed by atoms with Crippen LogP contribution in [0.3, 0.4) is 0 Å². The van der Waals surface area contributed by atoms with Gasteiger partial charge in [-0.2, -0.15) is 5.10 Å². The van der Waals surface area contributed by atoms with Crippen LogP contribution in [0, 0.1) is 0 Å². The fourth-order valence-corrected chi connectivity index (χ4v) is 2.35. The van der Waals surface area contributed by atoms with Crippen molar-refractivity contribution in [1.82, 2.24) is 15.2 Å². The van der Waals surface area contributed by atoms with Crippen molar-refractivity contribution >= 4 is 0 Å². The molecule has 1 aromatic carbocycles. The molecule has 0 aliphatic carbocycles. The number of aryl methyl sites for hydroxylation is 1. The Labute approximate surface area is 114 Å². The fourth-order valence-electron chi connectivity index (χ4n) is 2.35. The molecule has 1 unspecified atom stereocenters. The second-order valence-electron chi connectivity index (χ2n) is 5.85. The third-order valence-electron chi connectivity index (χ3n) is 3.28. The van der Waals surface area contributed by atoms with Crippen LogP contribution in [0.2, 0.25) is 0 Å². The van der Waals surface area contributed by atoms with Gasteiger partial charge in [-0.1, -0.05) is 45.0 Å². The Balaban J connectivity index is 2.50. The zero-order valence-electron chi connectivity index (χ0n) is 12.0. The molecule has 1 heterocycles. The van der Waals surface area contributed by atoms with E-state index in [2.05, 4.69) is 49.5 Å². The average Bonchev–Trinajstić information content (AvgIpc) is 2.76. The predicted molar refractivity (Wildman–Crippen MR) is 77.5 cm³/mol. The monoisotopic (exact) mass is 258 g/mol. The Morgan fingerprint density at radius 3 is 2.42 bits per heavy atom. The Morgan fingerprint density at radius 1 is 1.21 bits per heavy atom. The van der Waals surface area contributed by atoms with Crippen LogP contribution >= 0.6 is 0 Å². The first-order chi connectivity index (χ1) is 8.93. The number of nitrogens with one attached hydrogen (secondary N) is 1. The molecule has 0 saturated carbocycles. The summed E-state index contributed by atoms with van der Waals surface area (Å²) in [6.45, 7) is 6.62. The lowest BCUT2D eigenvalue weighted by atomic mass is 9.81. The summed E-state index contributed by atoms with van der Waals surface area (Å²) in [6.07, 6.45) is 1.93. The summed E-state index contributed by atoms with van der Waals surface area (Å²) >= 11 is 0. The van der Waals surface area contributed by atoms with Gasteiger partial charge in [0.2, 0.25) is 0 Å². The van der Waals surface area contributed by atoms with E-state index < -0.39 is 0 Å². The highest BCUT2D eigenvalue weighted by Crippen LogP contribution is 2.31. The number of benzene rings is 1. The van der Waals surface area contributed by atoms with Gasteiger partial charge >= 0.3 is 0 Å². The average molecular weight is 258 g/mol. The van der Waals surface area contributed by atoms with E-state index in [9.17, 15) is 0 Å². The van der Waals surface area contributed by atoms with E-state index in [0.29, 0.717) is 0 Å². The summed E-state index contributed by atoms with van der Waals surface area (Å²) in [4.78, 5) is 0. The summed E-state index contributed by atoms with van der Waals surface area (Å²) in [5.74, 6) is 5.76. The van der Waals surface area contributed by atoms with Gasteiger partial charge in [-0.3, -0.25) is 10.5 Å². The number of hydrogen-bond acceptors (Lipinski definition) is 3. The molecular weight excluding hydrogens is 236 g/mol. The molecule has 2 aromatic rings. The predicted octanol–water partition coefficient (Wildman–Crippen LogP) is 2.27. The molecule has 1 aromatic heterocycles. The van der Waals surface area contributed by atoms with E-state index >= 15 is 0 Å². The molecule has 3 N–H and O–H groups in total. The topological polar surface area (TPSA) is 55.9 Å². The summed E-state index contributed by atoms with van der Waals surface area (Å²) in [5.41, 5.74) is 6.34. The lowest BCUT2D eigenvalue weighted by molar-refractivity contribution is 0.549. The van der Waals surface area contributed by atoms with Gasteiger partial charge in [0, 0.05) is 13.2 Å². The van der Waals surface area contributed by atoms with Crippen LogP contribution < -0.4 is 11.3 Å². The first-order valence-corrected chi connectivity index (χ1v) is 6.48. The van der Waals surface area contributed by atoms with Crippen LogP contribution in [0.1, 0.15) is 43.6 Å². The lowest BCUT2D eigenvalue weighted by Crippen LogP contribution is -2.31.